The van der Waals surface area contributed by atoms with Crippen LogP contribution in [-0.4, -0.2) is 34.1 Å². The van der Waals surface area contributed by atoms with E-state index in [1.54, 1.807) is 6.20 Å². The Morgan fingerprint density at radius 3 is 2.75 bits per heavy atom. The normalized spacial score (nSPS) is 15.4. The Morgan fingerprint density at radius 2 is 2.19 bits per heavy atom. The van der Waals surface area contributed by atoms with Crippen LogP contribution in [0.3, 0.4) is 0 Å². The van der Waals surface area contributed by atoms with E-state index in [1.807, 2.05) is 6.92 Å². The van der Waals surface area contributed by atoms with Crippen LogP contribution in [0.15, 0.2) is 6.20 Å². The summed E-state index contributed by atoms with van der Waals surface area (Å²) >= 11 is 0. The van der Waals surface area contributed by atoms with Gasteiger partial charge in [-0.15, -0.1) is 0 Å². The molecule has 0 spiro atoms. The van der Waals surface area contributed by atoms with E-state index in [2.05, 4.69) is 14.9 Å². The first-order chi connectivity index (χ1) is 7.66. The predicted octanol–water partition coefficient (Wildman–Crippen LogP) is 1.01. The van der Waals surface area contributed by atoms with Crippen molar-refractivity contribution < 1.29 is 9.90 Å². The Kier molecular flexibility index (Phi) is 3.03. The van der Waals surface area contributed by atoms with Crippen molar-refractivity contribution in [1.29, 1.82) is 0 Å². The zero-order valence-electron chi connectivity index (χ0n) is 9.31. The molecule has 1 saturated heterocycles. The smallest absolute Gasteiger partial charge is 0.307 e. The molecule has 0 aromatic carbocycles. The van der Waals surface area contributed by atoms with E-state index in [4.69, 9.17) is 5.11 Å². The van der Waals surface area contributed by atoms with Crippen molar-refractivity contribution in [3.63, 3.8) is 0 Å². The third kappa shape index (κ3) is 2.29. The maximum absolute atomic E-state index is 10.6. The number of carbonyl (C=O) groups is 1. The number of carboxylic acids is 1. The molecular formula is C11H15N3O2. The van der Waals surface area contributed by atoms with Gasteiger partial charge in [0, 0.05) is 30.5 Å². The van der Waals surface area contributed by atoms with Gasteiger partial charge in [-0.1, -0.05) is 0 Å². The van der Waals surface area contributed by atoms with Crippen LogP contribution >= 0.6 is 0 Å². The molecule has 1 fully saturated rings. The van der Waals surface area contributed by atoms with Crippen molar-refractivity contribution in [3.8, 4) is 0 Å². The van der Waals surface area contributed by atoms with Crippen LogP contribution in [0.1, 0.15) is 24.1 Å². The van der Waals surface area contributed by atoms with E-state index in [-0.39, 0.29) is 6.42 Å². The predicted molar refractivity (Wildman–Crippen MR) is 59.6 cm³/mol. The fraction of sp³-hybridized carbons (Fsp3) is 0.545. The highest BCUT2D eigenvalue weighted by molar-refractivity contribution is 5.70. The quantitative estimate of drug-likeness (QED) is 0.825. The second-order valence-corrected chi connectivity index (χ2v) is 4.05. The standard InChI is InChI=1S/C11H15N3O2/c1-8-9(6-10(15)16)7-12-11(13-8)14-4-2-3-5-14/h7H,2-6H2,1H3,(H,15,16). The van der Waals surface area contributed by atoms with Crippen LogP contribution in [-0.2, 0) is 11.2 Å². The first-order valence-corrected chi connectivity index (χ1v) is 5.46. The Hall–Kier alpha value is -1.65. The molecule has 16 heavy (non-hydrogen) atoms. The molecule has 0 atom stereocenters. The second kappa shape index (κ2) is 4.47. The van der Waals surface area contributed by atoms with Crippen molar-refractivity contribution in [2.24, 2.45) is 0 Å². The Labute approximate surface area is 94.1 Å². The highest BCUT2D eigenvalue weighted by Crippen LogP contribution is 2.16. The van der Waals surface area contributed by atoms with E-state index in [9.17, 15) is 4.79 Å². The molecule has 0 aliphatic carbocycles. The van der Waals surface area contributed by atoms with Gasteiger partial charge in [0.05, 0.1) is 6.42 Å². The zero-order valence-corrected chi connectivity index (χ0v) is 9.31. The summed E-state index contributed by atoms with van der Waals surface area (Å²) in [5.74, 6) is -0.121. The lowest BCUT2D eigenvalue weighted by Gasteiger charge is -2.15. The number of hydrogen-bond acceptors (Lipinski definition) is 4. The number of aromatic nitrogens is 2. The summed E-state index contributed by atoms with van der Waals surface area (Å²) in [6.45, 7) is 3.83. The topological polar surface area (TPSA) is 66.3 Å². The number of rotatable bonds is 3. The molecule has 2 rings (SSSR count). The Bertz CT molecular complexity index is 400. The lowest BCUT2D eigenvalue weighted by Crippen LogP contribution is -2.21. The minimum atomic E-state index is -0.847. The molecule has 0 unspecified atom stereocenters. The van der Waals surface area contributed by atoms with E-state index in [0.717, 1.165) is 24.7 Å². The monoisotopic (exact) mass is 221 g/mol. The molecule has 1 aliphatic heterocycles. The molecule has 0 saturated carbocycles. The molecule has 1 aliphatic rings. The number of aryl methyl sites for hydroxylation is 1. The van der Waals surface area contributed by atoms with Gasteiger partial charge < -0.3 is 10.0 Å². The number of anilines is 1. The van der Waals surface area contributed by atoms with Crippen LogP contribution in [0, 0.1) is 6.92 Å². The fourth-order valence-electron chi connectivity index (χ4n) is 1.89. The SMILES string of the molecule is Cc1nc(N2CCCC2)ncc1CC(=O)O. The molecule has 5 nitrogen and oxygen atoms in total. The molecule has 0 radical (unpaired) electrons. The molecular weight excluding hydrogens is 206 g/mol. The highest BCUT2D eigenvalue weighted by atomic mass is 16.4. The first kappa shape index (κ1) is 10.9. The average molecular weight is 221 g/mol. The molecule has 86 valence electrons. The third-order valence-corrected chi connectivity index (χ3v) is 2.80. The number of hydrogen-bond donors (Lipinski definition) is 1. The maximum Gasteiger partial charge on any atom is 0.307 e. The summed E-state index contributed by atoms with van der Waals surface area (Å²) in [6.07, 6.45) is 3.98. The fourth-order valence-corrected chi connectivity index (χ4v) is 1.89. The summed E-state index contributed by atoms with van der Waals surface area (Å²) in [6, 6.07) is 0. The first-order valence-electron chi connectivity index (χ1n) is 5.46. The van der Waals surface area contributed by atoms with Crippen molar-refractivity contribution >= 4 is 11.9 Å². The minimum absolute atomic E-state index is 0.00782. The summed E-state index contributed by atoms with van der Waals surface area (Å²) in [5, 5.41) is 8.71. The van der Waals surface area contributed by atoms with Crippen LogP contribution in [0.2, 0.25) is 0 Å². The van der Waals surface area contributed by atoms with Gasteiger partial charge in [-0.3, -0.25) is 4.79 Å². The Balaban J connectivity index is 2.18. The van der Waals surface area contributed by atoms with Crippen LogP contribution < -0.4 is 4.90 Å². The lowest BCUT2D eigenvalue weighted by molar-refractivity contribution is -0.136. The van der Waals surface area contributed by atoms with Crippen molar-refractivity contribution in [2.45, 2.75) is 26.2 Å². The van der Waals surface area contributed by atoms with Crippen LogP contribution in [0.25, 0.3) is 0 Å². The maximum atomic E-state index is 10.6. The molecule has 1 aromatic rings. The number of aliphatic carboxylic acids is 1. The van der Waals surface area contributed by atoms with Crippen LogP contribution in [0.5, 0.6) is 0 Å². The molecule has 0 bridgehead atoms. The van der Waals surface area contributed by atoms with E-state index in [1.165, 1.54) is 12.8 Å². The molecule has 1 N–H and O–H groups in total. The van der Waals surface area contributed by atoms with Gasteiger partial charge in [0.2, 0.25) is 5.95 Å². The van der Waals surface area contributed by atoms with Crippen molar-refractivity contribution in [2.75, 3.05) is 18.0 Å². The van der Waals surface area contributed by atoms with Crippen molar-refractivity contribution in [1.82, 2.24) is 9.97 Å². The molecule has 2 heterocycles. The van der Waals surface area contributed by atoms with E-state index < -0.39 is 5.97 Å². The summed E-state index contributed by atoms with van der Waals surface area (Å²) in [5.41, 5.74) is 1.45. The van der Waals surface area contributed by atoms with Gasteiger partial charge in [0.25, 0.3) is 0 Å². The minimum Gasteiger partial charge on any atom is -0.481 e. The molecule has 1 aromatic heterocycles. The lowest BCUT2D eigenvalue weighted by atomic mass is 10.2. The second-order valence-electron chi connectivity index (χ2n) is 4.05. The van der Waals surface area contributed by atoms with Crippen LogP contribution in [0.4, 0.5) is 5.95 Å². The number of carboxylic acid groups (broad SMARTS) is 1. The summed E-state index contributed by atoms with van der Waals surface area (Å²) < 4.78 is 0. The van der Waals surface area contributed by atoms with Gasteiger partial charge in [0.1, 0.15) is 0 Å². The van der Waals surface area contributed by atoms with E-state index in [0.29, 0.717) is 5.56 Å². The summed E-state index contributed by atoms with van der Waals surface area (Å²) in [4.78, 5) is 21.3. The van der Waals surface area contributed by atoms with E-state index >= 15 is 0 Å². The molecule has 5 heteroatoms. The zero-order chi connectivity index (χ0) is 11.5. The highest BCUT2D eigenvalue weighted by Gasteiger charge is 2.16. The van der Waals surface area contributed by atoms with Gasteiger partial charge >= 0.3 is 5.97 Å². The Morgan fingerprint density at radius 1 is 1.50 bits per heavy atom. The average Bonchev–Trinajstić information content (AvgIpc) is 2.73. The largest absolute Gasteiger partial charge is 0.481 e. The van der Waals surface area contributed by atoms with Gasteiger partial charge in [0.15, 0.2) is 0 Å². The summed E-state index contributed by atoms with van der Waals surface area (Å²) in [7, 11) is 0. The van der Waals surface area contributed by atoms with Gasteiger partial charge in [-0.25, -0.2) is 9.97 Å². The third-order valence-electron chi connectivity index (χ3n) is 2.80. The van der Waals surface area contributed by atoms with Gasteiger partial charge in [-0.2, -0.15) is 0 Å². The van der Waals surface area contributed by atoms with Gasteiger partial charge in [-0.05, 0) is 19.8 Å². The van der Waals surface area contributed by atoms with Crippen molar-refractivity contribution in [3.05, 3.63) is 17.5 Å². The number of nitrogens with zero attached hydrogens (tertiary/aromatic N) is 3. The molecule has 0 amide bonds.